The summed E-state index contributed by atoms with van der Waals surface area (Å²) < 4.78 is 50.1. The Balaban J connectivity index is 3.21. The summed E-state index contributed by atoms with van der Waals surface area (Å²) in [6.45, 7) is -0.297. The molecule has 0 saturated heterocycles. The van der Waals surface area contributed by atoms with Gasteiger partial charge in [-0.1, -0.05) is 18.3 Å². The maximum atomic E-state index is 12.5. The van der Waals surface area contributed by atoms with Gasteiger partial charge in [0.05, 0.1) is 18.0 Å². The average Bonchev–Trinajstić information content (AvgIpc) is 2.37. The highest BCUT2D eigenvalue weighted by Gasteiger charge is 2.27. The van der Waals surface area contributed by atoms with E-state index < -0.39 is 36.1 Å². The first-order valence-electron chi connectivity index (χ1n) is 5.99. The fraction of sp³-hybridized carbons (Fsp3) is 0.417. The Kier molecular flexibility index (Phi) is 6.14. The molecule has 1 aromatic carbocycles. The van der Waals surface area contributed by atoms with E-state index in [4.69, 9.17) is 23.1 Å². The average molecular weight is 338 g/mol. The van der Waals surface area contributed by atoms with Crippen LogP contribution in [0.2, 0.25) is 0 Å². The monoisotopic (exact) mass is 338 g/mol. The van der Waals surface area contributed by atoms with E-state index in [1.165, 1.54) is 18.2 Å². The molecule has 0 aliphatic rings. The van der Waals surface area contributed by atoms with Crippen LogP contribution in [-0.4, -0.2) is 48.9 Å². The number of hydrogen-bond donors (Lipinski definition) is 2. The maximum Gasteiger partial charge on any atom is 0.252 e. The Morgan fingerprint density at radius 3 is 2.52 bits per heavy atom. The summed E-state index contributed by atoms with van der Waals surface area (Å²) in [7, 11) is -4.11. The van der Waals surface area contributed by atoms with Gasteiger partial charge in [0.15, 0.2) is 0 Å². The van der Waals surface area contributed by atoms with Crippen LogP contribution in [-0.2, 0) is 10.0 Å². The molecule has 1 aromatic rings. The zero-order chi connectivity index (χ0) is 16.2. The van der Waals surface area contributed by atoms with Crippen molar-refractivity contribution in [3.05, 3.63) is 29.3 Å². The molecule has 0 aliphatic carbocycles. The molecular weight excluding hydrogens is 322 g/mol. The zero-order valence-electron chi connectivity index (χ0n) is 11.3. The standard InChI is InChI=1S/C12H16F2N2O3S2/c1-8-6-9(2-3-10(8)12(15)20)21(18,19)16(4-5-17)7-11(13)14/h2-3,6,11,17H,4-5,7H2,1H3,(H2,15,20). The maximum absolute atomic E-state index is 12.5. The summed E-state index contributed by atoms with van der Waals surface area (Å²) in [5, 5.41) is 8.85. The number of sulfonamides is 1. The molecule has 5 nitrogen and oxygen atoms in total. The quantitative estimate of drug-likeness (QED) is 0.721. The number of nitrogens with zero attached hydrogens (tertiary/aromatic N) is 1. The number of aliphatic hydroxyl groups excluding tert-OH is 1. The lowest BCUT2D eigenvalue weighted by molar-refractivity contribution is 0.113. The number of aryl methyl sites for hydroxylation is 1. The molecule has 0 spiro atoms. The van der Waals surface area contributed by atoms with E-state index in [1.54, 1.807) is 6.92 Å². The van der Waals surface area contributed by atoms with Gasteiger partial charge < -0.3 is 10.8 Å². The second kappa shape index (κ2) is 7.21. The molecule has 0 radical (unpaired) electrons. The Bertz CT molecular complexity index is 621. The summed E-state index contributed by atoms with van der Waals surface area (Å²) in [6.07, 6.45) is -2.83. The highest BCUT2D eigenvalue weighted by Crippen LogP contribution is 2.20. The van der Waals surface area contributed by atoms with Crippen molar-refractivity contribution in [2.24, 2.45) is 5.73 Å². The Morgan fingerprint density at radius 1 is 1.48 bits per heavy atom. The molecule has 118 valence electrons. The van der Waals surface area contributed by atoms with E-state index >= 15 is 0 Å². The van der Waals surface area contributed by atoms with E-state index in [2.05, 4.69) is 0 Å². The van der Waals surface area contributed by atoms with Crippen LogP contribution in [0.3, 0.4) is 0 Å². The van der Waals surface area contributed by atoms with Crippen LogP contribution in [0.5, 0.6) is 0 Å². The van der Waals surface area contributed by atoms with Gasteiger partial charge in [0, 0.05) is 12.1 Å². The van der Waals surface area contributed by atoms with Gasteiger partial charge in [0.2, 0.25) is 10.0 Å². The number of alkyl halides is 2. The van der Waals surface area contributed by atoms with Crippen molar-refractivity contribution in [1.82, 2.24) is 4.31 Å². The molecule has 0 aromatic heterocycles. The topological polar surface area (TPSA) is 83.6 Å². The first kappa shape index (κ1) is 17.9. The molecule has 0 atom stereocenters. The fourth-order valence-electron chi connectivity index (χ4n) is 1.80. The Morgan fingerprint density at radius 2 is 2.10 bits per heavy atom. The van der Waals surface area contributed by atoms with Crippen molar-refractivity contribution in [3.8, 4) is 0 Å². The first-order chi connectivity index (χ1) is 9.70. The molecule has 0 unspecified atom stereocenters. The summed E-state index contributed by atoms with van der Waals surface area (Å²) >= 11 is 4.82. The molecule has 0 aliphatic heterocycles. The van der Waals surface area contributed by atoms with E-state index in [1.807, 2.05) is 0 Å². The van der Waals surface area contributed by atoms with Gasteiger partial charge in [0.1, 0.15) is 4.99 Å². The molecule has 0 heterocycles. The van der Waals surface area contributed by atoms with Gasteiger partial charge in [-0.05, 0) is 24.6 Å². The SMILES string of the molecule is Cc1cc(S(=O)(=O)N(CCO)CC(F)F)ccc1C(N)=S. The first-order valence-corrected chi connectivity index (χ1v) is 7.84. The van der Waals surface area contributed by atoms with Gasteiger partial charge in [-0.15, -0.1) is 0 Å². The number of hydrogen-bond acceptors (Lipinski definition) is 4. The van der Waals surface area contributed by atoms with Crippen LogP contribution in [0.1, 0.15) is 11.1 Å². The number of aliphatic hydroxyl groups is 1. The Hall–Kier alpha value is -1.16. The number of rotatable bonds is 7. The third-order valence-corrected chi connectivity index (χ3v) is 4.87. The van der Waals surface area contributed by atoms with Gasteiger partial charge >= 0.3 is 0 Å². The smallest absolute Gasteiger partial charge is 0.252 e. The zero-order valence-corrected chi connectivity index (χ0v) is 12.9. The summed E-state index contributed by atoms with van der Waals surface area (Å²) in [4.78, 5) is -0.0228. The third-order valence-electron chi connectivity index (χ3n) is 2.79. The van der Waals surface area contributed by atoms with E-state index in [0.29, 0.717) is 15.4 Å². The normalized spacial score (nSPS) is 12.1. The number of halogens is 2. The largest absolute Gasteiger partial charge is 0.395 e. The predicted octanol–water partition coefficient (Wildman–Crippen LogP) is 0.877. The predicted molar refractivity (Wildman–Crippen MR) is 78.9 cm³/mol. The van der Waals surface area contributed by atoms with Crippen molar-refractivity contribution in [2.45, 2.75) is 18.2 Å². The molecule has 3 N–H and O–H groups in total. The lowest BCUT2D eigenvalue weighted by Crippen LogP contribution is -2.37. The molecule has 9 heteroatoms. The number of benzene rings is 1. The van der Waals surface area contributed by atoms with Crippen LogP contribution >= 0.6 is 12.2 Å². The van der Waals surface area contributed by atoms with Crippen molar-refractivity contribution in [2.75, 3.05) is 19.7 Å². The van der Waals surface area contributed by atoms with E-state index in [-0.39, 0.29) is 9.88 Å². The number of thiocarbonyl (C=S) groups is 1. The minimum Gasteiger partial charge on any atom is -0.395 e. The van der Waals surface area contributed by atoms with Crippen LogP contribution in [0.15, 0.2) is 23.1 Å². The summed E-state index contributed by atoms with van der Waals surface area (Å²) in [5.74, 6) is 0. The van der Waals surface area contributed by atoms with Crippen LogP contribution in [0, 0.1) is 6.92 Å². The van der Waals surface area contributed by atoms with Crippen molar-refractivity contribution < 1.29 is 22.3 Å². The molecular formula is C12H16F2N2O3S2. The Labute approximate surface area is 127 Å². The van der Waals surface area contributed by atoms with Gasteiger partial charge in [-0.2, -0.15) is 4.31 Å². The van der Waals surface area contributed by atoms with Gasteiger partial charge in [0.25, 0.3) is 6.43 Å². The van der Waals surface area contributed by atoms with Crippen LogP contribution in [0.4, 0.5) is 8.78 Å². The molecule has 1 rings (SSSR count). The third kappa shape index (κ3) is 4.40. The molecule has 0 bridgehead atoms. The van der Waals surface area contributed by atoms with Crippen molar-refractivity contribution in [3.63, 3.8) is 0 Å². The fourth-order valence-corrected chi connectivity index (χ4v) is 3.52. The highest BCUT2D eigenvalue weighted by molar-refractivity contribution is 7.89. The second-order valence-electron chi connectivity index (χ2n) is 4.32. The summed E-state index contributed by atoms with van der Waals surface area (Å²) in [5.41, 5.74) is 6.54. The van der Waals surface area contributed by atoms with Crippen molar-refractivity contribution >= 4 is 27.2 Å². The second-order valence-corrected chi connectivity index (χ2v) is 6.70. The minimum atomic E-state index is -4.11. The van der Waals surface area contributed by atoms with Crippen LogP contribution < -0.4 is 5.73 Å². The van der Waals surface area contributed by atoms with Crippen LogP contribution in [0.25, 0.3) is 0 Å². The minimum absolute atomic E-state index is 0.122. The molecule has 0 fully saturated rings. The van der Waals surface area contributed by atoms with Crippen molar-refractivity contribution in [1.29, 1.82) is 0 Å². The molecule has 0 saturated carbocycles. The van der Waals surface area contributed by atoms with Gasteiger partial charge in [-0.25, -0.2) is 17.2 Å². The highest BCUT2D eigenvalue weighted by atomic mass is 32.2. The van der Waals surface area contributed by atoms with E-state index in [9.17, 15) is 17.2 Å². The van der Waals surface area contributed by atoms with Gasteiger partial charge in [-0.3, -0.25) is 0 Å². The lowest BCUT2D eigenvalue weighted by Gasteiger charge is -2.21. The molecule has 0 amide bonds. The number of nitrogens with two attached hydrogens (primary N) is 1. The van der Waals surface area contributed by atoms with E-state index in [0.717, 1.165) is 0 Å². The summed E-state index contributed by atoms with van der Waals surface area (Å²) in [6, 6.07) is 4.01. The lowest BCUT2D eigenvalue weighted by atomic mass is 10.1. The molecule has 21 heavy (non-hydrogen) atoms.